The van der Waals surface area contributed by atoms with E-state index in [4.69, 9.17) is 9.47 Å². The van der Waals surface area contributed by atoms with Gasteiger partial charge < -0.3 is 9.47 Å². The minimum Gasteiger partial charge on any atom is -0.490 e. The van der Waals surface area contributed by atoms with Crippen LogP contribution in [-0.4, -0.2) is 12.6 Å². The van der Waals surface area contributed by atoms with Gasteiger partial charge in [0.25, 0.3) is 0 Å². The van der Waals surface area contributed by atoms with Crippen LogP contribution >= 0.6 is 0 Å². The molecule has 0 spiro atoms. The van der Waals surface area contributed by atoms with Crippen LogP contribution in [0.4, 0.5) is 8.78 Å². The summed E-state index contributed by atoms with van der Waals surface area (Å²) in [5, 5.41) is 0. The maximum atomic E-state index is 14.7. The summed E-state index contributed by atoms with van der Waals surface area (Å²) in [4.78, 5) is 12.6. The highest BCUT2D eigenvalue weighted by atomic mass is 19.2. The molecule has 2 aromatic rings. The van der Waals surface area contributed by atoms with Gasteiger partial charge in [0.15, 0.2) is 11.6 Å². The number of hydrogen-bond donors (Lipinski definition) is 0. The third-order valence-electron chi connectivity index (χ3n) is 9.17. The summed E-state index contributed by atoms with van der Waals surface area (Å²) < 4.78 is 40.1. The fourth-order valence-electron chi connectivity index (χ4n) is 6.36. The van der Waals surface area contributed by atoms with E-state index in [0.29, 0.717) is 12.4 Å². The van der Waals surface area contributed by atoms with Crippen molar-refractivity contribution in [1.29, 1.82) is 0 Å². The molecule has 1 aliphatic carbocycles. The Bertz CT molecular complexity index is 1040. The molecule has 2 aromatic carbocycles. The lowest BCUT2D eigenvalue weighted by Crippen LogP contribution is -2.14. The Balaban J connectivity index is 1.33. The van der Waals surface area contributed by atoms with Crippen LogP contribution in [0.15, 0.2) is 36.4 Å². The normalized spacial score (nSPS) is 16.7. The van der Waals surface area contributed by atoms with E-state index in [1.807, 2.05) is 12.1 Å². The second-order valence-electron chi connectivity index (χ2n) is 12.7. The van der Waals surface area contributed by atoms with Crippen molar-refractivity contribution in [3.63, 3.8) is 0 Å². The highest BCUT2D eigenvalue weighted by Crippen LogP contribution is 2.34. The number of aryl methyl sites for hydroxylation is 1. The first-order chi connectivity index (χ1) is 21.0. The van der Waals surface area contributed by atoms with Crippen molar-refractivity contribution in [3.8, 4) is 11.5 Å². The summed E-state index contributed by atoms with van der Waals surface area (Å²) in [6.07, 6.45) is 25.0. The van der Waals surface area contributed by atoms with Gasteiger partial charge in [-0.05, 0) is 60.9 Å². The molecule has 1 aliphatic rings. The van der Waals surface area contributed by atoms with Gasteiger partial charge in [0.1, 0.15) is 5.75 Å². The molecular weight excluding hydrogens is 542 g/mol. The van der Waals surface area contributed by atoms with Gasteiger partial charge in [-0.15, -0.1) is 0 Å². The molecule has 3 nitrogen and oxygen atoms in total. The van der Waals surface area contributed by atoms with Crippen molar-refractivity contribution >= 4 is 5.97 Å². The van der Waals surface area contributed by atoms with E-state index in [1.165, 1.54) is 114 Å². The highest BCUT2D eigenvalue weighted by molar-refractivity contribution is 5.91. The Kier molecular flexibility index (Phi) is 16.7. The maximum Gasteiger partial charge on any atom is 0.346 e. The molecule has 3 rings (SSSR count). The SMILES string of the molecule is CCCCCCCCCCOc1ccc(C(=O)Oc2ccc(CCCC[C@H]3CC[C@H](CCCCC)CC3)cc2)c(F)c1F. The smallest absolute Gasteiger partial charge is 0.346 e. The van der Waals surface area contributed by atoms with Crippen LogP contribution in [0.2, 0.25) is 0 Å². The predicted octanol–water partition coefficient (Wildman–Crippen LogP) is 11.8. The zero-order valence-corrected chi connectivity index (χ0v) is 26.9. The number of rotatable bonds is 21. The van der Waals surface area contributed by atoms with E-state index in [0.717, 1.165) is 43.9 Å². The van der Waals surface area contributed by atoms with E-state index in [2.05, 4.69) is 13.8 Å². The van der Waals surface area contributed by atoms with E-state index >= 15 is 0 Å². The minimum atomic E-state index is -1.24. The Morgan fingerprint density at radius 3 is 1.86 bits per heavy atom. The number of benzene rings is 2. The molecule has 0 radical (unpaired) electrons. The molecule has 1 fully saturated rings. The molecule has 5 heteroatoms. The largest absolute Gasteiger partial charge is 0.490 e. The summed E-state index contributed by atoms with van der Waals surface area (Å²) in [7, 11) is 0. The van der Waals surface area contributed by atoms with Crippen molar-refractivity contribution in [2.45, 2.75) is 142 Å². The Labute approximate surface area is 260 Å². The first-order valence-corrected chi connectivity index (χ1v) is 17.4. The number of carbonyl (C=O) groups is 1. The van der Waals surface area contributed by atoms with Crippen LogP contribution in [0, 0.1) is 23.5 Å². The number of carbonyl (C=O) groups excluding carboxylic acids is 1. The molecule has 0 saturated heterocycles. The van der Waals surface area contributed by atoms with Crippen molar-refractivity contribution in [1.82, 2.24) is 0 Å². The summed E-state index contributed by atoms with van der Waals surface area (Å²) >= 11 is 0. The highest BCUT2D eigenvalue weighted by Gasteiger charge is 2.22. The molecule has 0 atom stereocenters. The van der Waals surface area contributed by atoms with Gasteiger partial charge in [-0.2, -0.15) is 4.39 Å². The lowest BCUT2D eigenvalue weighted by atomic mass is 9.78. The summed E-state index contributed by atoms with van der Waals surface area (Å²) in [5.41, 5.74) is 0.755. The van der Waals surface area contributed by atoms with Gasteiger partial charge in [-0.25, -0.2) is 9.18 Å². The molecule has 0 unspecified atom stereocenters. The molecular formula is C38H56F2O3. The van der Waals surface area contributed by atoms with E-state index < -0.39 is 23.2 Å². The van der Waals surface area contributed by atoms with Gasteiger partial charge in [0.2, 0.25) is 5.82 Å². The topological polar surface area (TPSA) is 35.5 Å². The van der Waals surface area contributed by atoms with E-state index in [1.54, 1.807) is 12.1 Å². The Morgan fingerprint density at radius 2 is 1.23 bits per heavy atom. The zero-order chi connectivity index (χ0) is 30.7. The maximum absolute atomic E-state index is 14.7. The number of esters is 1. The number of ether oxygens (including phenoxy) is 2. The van der Waals surface area contributed by atoms with Gasteiger partial charge in [0, 0.05) is 0 Å². The molecule has 0 N–H and O–H groups in total. The van der Waals surface area contributed by atoms with E-state index in [-0.39, 0.29) is 5.75 Å². The number of hydrogen-bond acceptors (Lipinski definition) is 3. The molecule has 0 heterocycles. The quantitative estimate of drug-likeness (QED) is 0.0814. The number of unbranched alkanes of at least 4 members (excludes halogenated alkanes) is 10. The van der Waals surface area contributed by atoms with Gasteiger partial charge in [0.05, 0.1) is 12.2 Å². The fourth-order valence-corrected chi connectivity index (χ4v) is 6.36. The lowest BCUT2D eigenvalue weighted by molar-refractivity contribution is 0.0728. The summed E-state index contributed by atoms with van der Waals surface area (Å²) in [6, 6.07) is 9.89. The molecule has 0 aromatic heterocycles. The molecule has 0 bridgehead atoms. The van der Waals surface area contributed by atoms with Crippen LogP contribution in [-0.2, 0) is 6.42 Å². The monoisotopic (exact) mass is 598 g/mol. The van der Waals surface area contributed by atoms with Crippen molar-refractivity contribution in [3.05, 3.63) is 59.2 Å². The molecule has 43 heavy (non-hydrogen) atoms. The van der Waals surface area contributed by atoms with Crippen molar-refractivity contribution in [2.75, 3.05) is 6.61 Å². The molecule has 240 valence electrons. The number of halogens is 2. The Hall–Kier alpha value is -2.43. The third-order valence-corrected chi connectivity index (χ3v) is 9.17. The average Bonchev–Trinajstić information content (AvgIpc) is 3.02. The second-order valence-corrected chi connectivity index (χ2v) is 12.7. The Morgan fingerprint density at radius 1 is 0.674 bits per heavy atom. The molecule has 0 aliphatic heterocycles. The van der Waals surface area contributed by atoms with Crippen molar-refractivity contribution < 1.29 is 23.0 Å². The zero-order valence-electron chi connectivity index (χ0n) is 26.9. The summed E-state index contributed by atoms with van der Waals surface area (Å²) in [6.45, 7) is 4.80. The first-order valence-electron chi connectivity index (χ1n) is 17.4. The van der Waals surface area contributed by atoms with Crippen molar-refractivity contribution in [2.24, 2.45) is 11.8 Å². The second kappa shape index (κ2) is 20.5. The summed E-state index contributed by atoms with van der Waals surface area (Å²) in [5.74, 6) is -1.29. The predicted molar refractivity (Wildman–Crippen MR) is 173 cm³/mol. The van der Waals surface area contributed by atoms with Crippen LogP contribution < -0.4 is 9.47 Å². The van der Waals surface area contributed by atoms with Crippen LogP contribution in [0.3, 0.4) is 0 Å². The molecule has 0 amide bonds. The first kappa shape index (κ1) is 35.1. The van der Waals surface area contributed by atoms with Gasteiger partial charge in [-0.3, -0.25) is 0 Å². The molecule has 1 saturated carbocycles. The third kappa shape index (κ3) is 13.0. The standard InChI is InChI=1S/C38H56F2O3/c1-3-5-7-8-9-10-11-15-29-42-35-28-27-34(36(39)37(35)40)38(41)43-33-25-23-32(24-26-33)18-14-13-17-31-21-19-30(20-22-31)16-12-6-4-2/h23-28,30-31H,3-22,29H2,1-2H3/t30-,31-. The van der Waals surface area contributed by atoms with E-state index in [9.17, 15) is 13.6 Å². The van der Waals surface area contributed by atoms with Crippen LogP contribution in [0.5, 0.6) is 11.5 Å². The minimum absolute atomic E-state index is 0.170. The lowest BCUT2D eigenvalue weighted by Gasteiger charge is -2.28. The average molecular weight is 599 g/mol. The van der Waals surface area contributed by atoms with Gasteiger partial charge in [-0.1, -0.05) is 135 Å². The van der Waals surface area contributed by atoms with Gasteiger partial charge >= 0.3 is 5.97 Å². The fraction of sp³-hybridized carbons (Fsp3) is 0.658. The van der Waals surface area contributed by atoms with Crippen LogP contribution in [0.25, 0.3) is 0 Å². The van der Waals surface area contributed by atoms with Crippen LogP contribution in [0.1, 0.15) is 152 Å².